The van der Waals surface area contributed by atoms with Crippen molar-refractivity contribution < 1.29 is 4.74 Å². The van der Waals surface area contributed by atoms with E-state index in [4.69, 9.17) is 4.74 Å². The van der Waals surface area contributed by atoms with E-state index in [1.54, 1.807) is 12.4 Å². The third-order valence-corrected chi connectivity index (χ3v) is 4.23. The van der Waals surface area contributed by atoms with Gasteiger partial charge < -0.3 is 10.1 Å². The highest BCUT2D eigenvalue weighted by Gasteiger charge is 2.34. The highest BCUT2D eigenvalue weighted by atomic mass is 16.5. The van der Waals surface area contributed by atoms with Gasteiger partial charge in [0.05, 0.1) is 11.7 Å². The van der Waals surface area contributed by atoms with Crippen LogP contribution < -0.4 is 5.32 Å². The molecule has 0 radical (unpaired) electrons. The zero-order valence-corrected chi connectivity index (χ0v) is 11.5. The van der Waals surface area contributed by atoms with Gasteiger partial charge in [0.25, 0.3) is 0 Å². The molecular weight excluding hydrogens is 240 g/mol. The molecular formula is C14H22N4O. The van der Waals surface area contributed by atoms with Crippen LogP contribution in [0.3, 0.4) is 0 Å². The number of aromatic nitrogens is 2. The first kappa shape index (κ1) is 12.8. The maximum absolute atomic E-state index is 5.48. The van der Waals surface area contributed by atoms with Crippen LogP contribution in [0.4, 0.5) is 5.82 Å². The molecule has 104 valence electrons. The fourth-order valence-electron chi connectivity index (χ4n) is 3.32. The van der Waals surface area contributed by atoms with Gasteiger partial charge in [-0.15, -0.1) is 0 Å². The smallest absolute Gasteiger partial charge is 0.149 e. The molecule has 3 rings (SSSR count). The van der Waals surface area contributed by atoms with Gasteiger partial charge in [0.1, 0.15) is 5.82 Å². The fraction of sp³-hybridized carbons (Fsp3) is 0.714. The summed E-state index contributed by atoms with van der Waals surface area (Å²) < 4.78 is 5.48. The van der Waals surface area contributed by atoms with E-state index in [2.05, 4.69) is 20.2 Å². The summed E-state index contributed by atoms with van der Waals surface area (Å²) in [7, 11) is 1.92. The van der Waals surface area contributed by atoms with Gasteiger partial charge in [-0.1, -0.05) is 0 Å². The second kappa shape index (κ2) is 5.84. The molecule has 0 amide bonds. The first-order chi connectivity index (χ1) is 9.40. The van der Waals surface area contributed by atoms with Crippen LogP contribution in [0.15, 0.2) is 12.4 Å². The molecule has 1 aromatic heterocycles. The first-order valence-electron chi connectivity index (χ1n) is 7.22. The Balaban J connectivity index is 1.82. The van der Waals surface area contributed by atoms with Crippen LogP contribution in [-0.2, 0) is 4.74 Å². The normalized spacial score (nSPS) is 25.6. The molecule has 5 nitrogen and oxygen atoms in total. The van der Waals surface area contributed by atoms with Gasteiger partial charge in [0, 0.05) is 38.7 Å². The Bertz CT molecular complexity index is 420. The van der Waals surface area contributed by atoms with Crippen molar-refractivity contribution in [3.05, 3.63) is 18.1 Å². The van der Waals surface area contributed by atoms with Gasteiger partial charge in [0.15, 0.2) is 0 Å². The summed E-state index contributed by atoms with van der Waals surface area (Å²) in [5, 5.41) is 3.17. The Kier molecular flexibility index (Phi) is 3.94. The van der Waals surface area contributed by atoms with Crippen LogP contribution >= 0.6 is 0 Å². The molecule has 1 atom stereocenters. The molecule has 0 aromatic carbocycles. The van der Waals surface area contributed by atoms with Crippen LogP contribution in [-0.4, -0.2) is 47.7 Å². The van der Waals surface area contributed by atoms with E-state index in [0.717, 1.165) is 37.6 Å². The van der Waals surface area contributed by atoms with Gasteiger partial charge in [0.2, 0.25) is 0 Å². The molecule has 0 spiro atoms. The zero-order chi connectivity index (χ0) is 13.1. The number of hydrogen-bond donors (Lipinski definition) is 1. The van der Waals surface area contributed by atoms with E-state index < -0.39 is 0 Å². The summed E-state index contributed by atoms with van der Waals surface area (Å²) in [4.78, 5) is 11.6. The summed E-state index contributed by atoms with van der Waals surface area (Å²) in [5.74, 6) is 0.923. The third kappa shape index (κ3) is 2.58. The minimum atomic E-state index is 0.416. The molecule has 2 saturated heterocycles. The SMILES string of the molecule is CNc1nccnc1[C@@H]1CCCN1C1CCOCC1. The quantitative estimate of drug-likeness (QED) is 0.900. The lowest BCUT2D eigenvalue weighted by atomic mass is 10.0. The van der Waals surface area contributed by atoms with Crippen molar-refractivity contribution in [1.29, 1.82) is 0 Å². The largest absolute Gasteiger partial charge is 0.381 e. The van der Waals surface area contributed by atoms with Gasteiger partial charge in [-0.2, -0.15) is 0 Å². The molecule has 2 aliphatic heterocycles. The van der Waals surface area contributed by atoms with E-state index in [1.165, 1.54) is 19.4 Å². The van der Waals surface area contributed by atoms with Crippen LogP contribution in [0.1, 0.15) is 37.4 Å². The molecule has 0 saturated carbocycles. The molecule has 2 fully saturated rings. The molecule has 3 heterocycles. The number of ether oxygens (including phenoxy) is 1. The molecule has 5 heteroatoms. The number of nitrogens with one attached hydrogen (secondary N) is 1. The standard InChI is InChI=1S/C14H22N4O/c1-15-14-13(16-6-7-17-14)12-3-2-8-18(12)11-4-9-19-10-5-11/h6-7,11-12H,2-5,8-10H2,1H3,(H,15,17)/t12-/m0/s1. The van der Waals surface area contributed by atoms with Gasteiger partial charge in [-0.3, -0.25) is 9.88 Å². The molecule has 1 aromatic rings. The van der Waals surface area contributed by atoms with Crippen LogP contribution in [0.5, 0.6) is 0 Å². The minimum absolute atomic E-state index is 0.416. The lowest BCUT2D eigenvalue weighted by Crippen LogP contribution is -2.39. The number of likely N-dealkylation sites (tertiary alicyclic amines) is 1. The highest BCUT2D eigenvalue weighted by Crippen LogP contribution is 2.37. The Morgan fingerprint density at radius 2 is 2.00 bits per heavy atom. The summed E-state index contributed by atoms with van der Waals surface area (Å²) >= 11 is 0. The predicted molar refractivity (Wildman–Crippen MR) is 74.1 cm³/mol. The van der Waals surface area contributed by atoms with Crippen molar-refractivity contribution in [2.75, 3.05) is 32.1 Å². The summed E-state index contributed by atoms with van der Waals surface area (Å²) in [6.45, 7) is 2.97. The molecule has 2 aliphatic rings. The van der Waals surface area contributed by atoms with Crippen molar-refractivity contribution in [3.8, 4) is 0 Å². The first-order valence-corrected chi connectivity index (χ1v) is 7.22. The van der Waals surface area contributed by atoms with Crippen molar-refractivity contribution >= 4 is 5.82 Å². The average molecular weight is 262 g/mol. The van der Waals surface area contributed by atoms with Gasteiger partial charge >= 0.3 is 0 Å². The monoisotopic (exact) mass is 262 g/mol. The second-order valence-electron chi connectivity index (χ2n) is 5.28. The minimum Gasteiger partial charge on any atom is -0.381 e. The van der Waals surface area contributed by atoms with Gasteiger partial charge in [-0.05, 0) is 32.2 Å². The fourth-order valence-corrected chi connectivity index (χ4v) is 3.32. The summed E-state index contributed by atoms with van der Waals surface area (Å²) in [6.07, 6.45) is 8.28. The van der Waals surface area contributed by atoms with E-state index in [1.807, 2.05) is 7.05 Å². The summed E-state index contributed by atoms with van der Waals surface area (Å²) in [6, 6.07) is 1.06. The van der Waals surface area contributed by atoms with E-state index in [-0.39, 0.29) is 0 Å². The number of rotatable bonds is 3. The molecule has 0 bridgehead atoms. The number of nitrogens with zero attached hydrogens (tertiary/aromatic N) is 3. The van der Waals surface area contributed by atoms with E-state index >= 15 is 0 Å². The topological polar surface area (TPSA) is 50.3 Å². The maximum Gasteiger partial charge on any atom is 0.149 e. The van der Waals surface area contributed by atoms with Crippen LogP contribution in [0, 0.1) is 0 Å². The second-order valence-corrected chi connectivity index (χ2v) is 5.28. The van der Waals surface area contributed by atoms with Crippen LogP contribution in [0.2, 0.25) is 0 Å². The van der Waals surface area contributed by atoms with Crippen molar-refractivity contribution in [2.45, 2.75) is 37.8 Å². The van der Waals surface area contributed by atoms with Crippen LogP contribution in [0.25, 0.3) is 0 Å². The van der Waals surface area contributed by atoms with Crippen molar-refractivity contribution in [3.63, 3.8) is 0 Å². The summed E-state index contributed by atoms with van der Waals surface area (Å²) in [5.41, 5.74) is 1.11. The average Bonchev–Trinajstić information content (AvgIpc) is 2.97. The number of anilines is 1. The predicted octanol–water partition coefficient (Wildman–Crippen LogP) is 1.83. The Morgan fingerprint density at radius 1 is 1.21 bits per heavy atom. The highest BCUT2D eigenvalue weighted by molar-refractivity contribution is 5.40. The lowest BCUT2D eigenvalue weighted by molar-refractivity contribution is 0.0286. The van der Waals surface area contributed by atoms with E-state index in [0.29, 0.717) is 12.1 Å². The molecule has 1 N–H and O–H groups in total. The molecule has 19 heavy (non-hydrogen) atoms. The van der Waals surface area contributed by atoms with E-state index in [9.17, 15) is 0 Å². The lowest BCUT2D eigenvalue weighted by Gasteiger charge is -2.35. The Hall–Kier alpha value is -1.20. The Morgan fingerprint density at radius 3 is 2.79 bits per heavy atom. The molecule has 0 unspecified atom stereocenters. The van der Waals surface area contributed by atoms with Crippen molar-refractivity contribution in [1.82, 2.24) is 14.9 Å². The van der Waals surface area contributed by atoms with Crippen molar-refractivity contribution in [2.24, 2.45) is 0 Å². The third-order valence-electron chi connectivity index (χ3n) is 4.23. The number of hydrogen-bond acceptors (Lipinski definition) is 5. The zero-order valence-electron chi connectivity index (χ0n) is 11.5. The Labute approximate surface area is 114 Å². The van der Waals surface area contributed by atoms with Gasteiger partial charge in [-0.25, -0.2) is 4.98 Å². The maximum atomic E-state index is 5.48. The molecule has 0 aliphatic carbocycles.